The SMILES string of the molecule is COc1ccc2cc(C3CC(c4ccccc4)=NN3C(=O)c3ccco3)c(Cl)nc2c1. The Hall–Kier alpha value is -3.64. The largest absolute Gasteiger partial charge is 0.497 e. The second-order valence-corrected chi connectivity index (χ2v) is 7.54. The van der Waals surface area contributed by atoms with Crippen molar-refractivity contribution in [1.82, 2.24) is 9.99 Å². The van der Waals surface area contributed by atoms with Gasteiger partial charge in [-0.05, 0) is 35.9 Å². The number of halogens is 1. The number of fused-ring (bicyclic) bond motifs is 1. The maximum atomic E-state index is 13.2. The second kappa shape index (κ2) is 7.89. The zero-order chi connectivity index (χ0) is 21.4. The zero-order valence-corrected chi connectivity index (χ0v) is 17.4. The number of hydrogen-bond donors (Lipinski definition) is 0. The molecule has 0 N–H and O–H groups in total. The van der Waals surface area contributed by atoms with Crippen molar-refractivity contribution in [1.29, 1.82) is 0 Å². The summed E-state index contributed by atoms with van der Waals surface area (Å²) in [5.74, 6) is 0.596. The van der Waals surface area contributed by atoms with Gasteiger partial charge in [-0.3, -0.25) is 4.79 Å². The van der Waals surface area contributed by atoms with Crippen LogP contribution in [-0.4, -0.2) is 28.7 Å². The molecular formula is C24H18ClN3O3. The number of hydrogen-bond acceptors (Lipinski definition) is 5. The Labute approximate surface area is 183 Å². The van der Waals surface area contributed by atoms with Crippen molar-refractivity contribution in [2.24, 2.45) is 5.10 Å². The quantitative estimate of drug-likeness (QED) is 0.401. The first-order valence-corrected chi connectivity index (χ1v) is 10.2. The molecule has 2 aromatic carbocycles. The summed E-state index contributed by atoms with van der Waals surface area (Å²) >= 11 is 6.60. The highest BCUT2D eigenvalue weighted by Crippen LogP contribution is 2.38. The van der Waals surface area contributed by atoms with Crippen LogP contribution in [0.15, 0.2) is 82.5 Å². The van der Waals surface area contributed by atoms with Crippen molar-refractivity contribution in [2.75, 3.05) is 7.11 Å². The average Bonchev–Trinajstić information content (AvgIpc) is 3.49. The molecule has 0 aliphatic carbocycles. The van der Waals surface area contributed by atoms with Crippen molar-refractivity contribution < 1.29 is 13.9 Å². The van der Waals surface area contributed by atoms with E-state index in [2.05, 4.69) is 10.1 Å². The van der Waals surface area contributed by atoms with E-state index in [0.717, 1.165) is 27.7 Å². The third kappa shape index (κ3) is 3.55. The van der Waals surface area contributed by atoms with Gasteiger partial charge in [0, 0.05) is 23.4 Å². The minimum atomic E-state index is -0.403. The van der Waals surface area contributed by atoms with Crippen LogP contribution in [0.3, 0.4) is 0 Å². The minimum Gasteiger partial charge on any atom is -0.497 e. The maximum Gasteiger partial charge on any atom is 0.310 e. The van der Waals surface area contributed by atoms with Crippen LogP contribution < -0.4 is 4.74 Å². The Morgan fingerprint density at radius 3 is 2.71 bits per heavy atom. The van der Waals surface area contributed by atoms with Crippen molar-refractivity contribution in [3.63, 3.8) is 0 Å². The lowest BCUT2D eigenvalue weighted by molar-refractivity contribution is 0.0678. The lowest BCUT2D eigenvalue weighted by atomic mass is 9.98. The highest BCUT2D eigenvalue weighted by molar-refractivity contribution is 6.30. The van der Waals surface area contributed by atoms with E-state index in [-0.39, 0.29) is 11.7 Å². The molecule has 0 saturated heterocycles. The summed E-state index contributed by atoms with van der Waals surface area (Å²) in [6, 6.07) is 20.3. The molecule has 0 saturated carbocycles. The topological polar surface area (TPSA) is 67.9 Å². The summed E-state index contributed by atoms with van der Waals surface area (Å²) in [6.07, 6.45) is 1.98. The van der Waals surface area contributed by atoms with E-state index >= 15 is 0 Å². The molecule has 0 radical (unpaired) electrons. The number of hydrazone groups is 1. The first kappa shape index (κ1) is 19.3. The molecule has 1 aliphatic heterocycles. The molecule has 31 heavy (non-hydrogen) atoms. The highest BCUT2D eigenvalue weighted by atomic mass is 35.5. The molecular weight excluding hydrogens is 414 g/mol. The van der Waals surface area contributed by atoms with Gasteiger partial charge in [0.25, 0.3) is 0 Å². The number of rotatable bonds is 4. The zero-order valence-electron chi connectivity index (χ0n) is 16.7. The van der Waals surface area contributed by atoms with Gasteiger partial charge in [-0.1, -0.05) is 41.9 Å². The number of amides is 1. The molecule has 1 aliphatic rings. The molecule has 1 amide bonds. The molecule has 2 aromatic heterocycles. The molecule has 5 rings (SSSR count). The van der Waals surface area contributed by atoms with Gasteiger partial charge >= 0.3 is 5.91 Å². The van der Waals surface area contributed by atoms with Crippen LogP contribution >= 0.6 is 11.6 Å². The van der Waals surface area contributed by atoms with E-state index < -0.39 is 6.04 Å². The monoisotopic (exact) mass is 431 g/mol. The van der Waals surface area contributed by atoms with Gasteiger partial charge in [0.1, 0.15) is 10.9 Å². The molecule has 0 fully saturated rings. The summed E-state index contributed by atoms with van der Waals surface area (Å²) in [4.78, 5) is 17.7. The van der Waals surface area contributed by atoms with Gasteiger partial charge < -0.3 is 9.15 Å². The van der Waals surface area contributed by atoms with Gasteiger partial charge in [0.05, 0.1) is 30.6 Å². The number of nitrogens with zero attached hydrogens (tertiary/aromatic N) is 3. The van der Waals surface area contributed by atoms with Crippen LogP contribution in [0, 0.1) is 0 Å². The number of aromatic nitrogens is 1. The molecule has 1 atom stereocenters. The fourth-order valence-corrected chi connectivity index (χ4v) is 4.03. The number of benzene rings is 2. The normalized spacial score (nSPS) is 15.9. The Balaban J connectivity index is 1.59. The number of carbonyl (C=O) groups is 1. The lowest BCUT2D eigenvalue weighted by Crippen LogP contribution is -2.27. The van der Waals surface area contributed by atoms with Crippen LogP contribution in [-0.2, 0) is 0 Å². The first-order valence-electron chi connectivity index (χ1n) is 9.78. The minimum absolute atomic E-state index is 0.220. The average molecular weight is 432 g/mol. The molecule has 154 valence electrons. The van der Waals surface area contributed by atoms with E-state index in [4.69, 9.17) is 20.8 Å². The van der Waals surface area contributed by atoms with Crippen LogP contribution in [0.1, 0.15) is 34.1 Å². The molecule has 4 aromatic rings. The predicted octanol–water partition coefficient (Wildman–Crippen LogP) is 5.48. The summed E-state index contributed by atoms with van der Waals surface area (Å²) < 4.78 is 10.6. The highest BCUT2D eigenvalue weighted by Gasteiger charge is 2.36. The maximum absolute atomic E-state index is 13.2. The lowest BCUT2D eigenvalue weighted by Gasteiger charge is -2.22. The van der Waals surface area contributed by atoms with Crippen molar-refractivity contribution >= 4 is 34.1 Å². The van der Waals surface area contributed by atoms with Crippen LogP contribution in [0.2, 0.25) is 5.15 Å². The van der Waals surface area contributed by atoms with E-state index in [1.54, 1.807) is 19.2 Å². The van der Waals surface area contributed by atoms with Gasteiger partial charge in [-0.15, -0.1) is 0 Å². The summed E-state index contributed by atoms with van der Waals surface area (Å²) in [7, 11) is 1.61. The van der Waals surface area contributed by atoms with Gasteiger partial charge in [-0.2, -0.15) is 5.10 Å². The van der Waals surface area contributed by atoms with Crippen molar-refractivity contribution in [3.8, 4) is 5.75 Å². The second-order valence-electron chi connectivity index (χ2n) is 7.19. The first-order chi connectivity index (χ1) is 15.1. The van der Waals surface area contributed by atoms with Crippen LogP contribution in [0.25, 0.3) is 10.9 Å². The predicted molar refractivity (Wildman–Crippen MR) is 119 cm³/mol. The van der Waals surface area contributed by atoms with Gasteiger partial charge in [-0.25, -0.2) is 9.99 Å². The standard InChI is InChI=1S/C24H18ClN3O3/c1-30-17-10-9-16-12-18(23(25)26-19(16)13-17)21-14-20(15-6-3-2-4-7-15)27-28(21)24(29)22-8-5-11-31-22/h2-13,21H,14H2,1H3. The third-order valence-electron chi connectivity index (χ3n) is 5.32. The summed E-state index contributed by atoms with van der Waals surface area (Å²) in [6.45, 7) is 0. The number of ether oxygens (including phenoxy) is 1. The Morgan fingerprint density at radius 1 is 1.13 bits per heavy atom. The third-order valence-corrected chi connectivity index (χ3v) is 5.62. The van der Waals surface area contributed by atoms with Crippen molar-refractivity contribution in [2.45, 2.75) is 12.5 Å². The van der Waals surface area contributed by atoms with Gasteiger partial charge in [0.2, 0.25) is 0 Å². The van der Waals surface area contributed by atoms with E-state index in [0.29, 0.717) is 17.3 Å². The van der Waals surface area contributed by atoms with Crippen LogP contribution in [0.4, 0.5) is 0 Å². The molecule has 1 unspecified atom stereocenters. The Morgan fingerprint density at radius 2 is 1.97 bits per heavy atom. The number of carbonyl (C=O) groups excluding carboxylic acids is 1. The summed E-state index contributed by atoms with van der Waals surface area (Å²) in [5.41, 5.74) is 3.21. The Kier molecular flexibility index (Phi) is 4.92. The van der Waals surface area contributed by atoms with E-state index in [1.165, 1.54) is 11.3 Å². The number of furan rings is 1. The van der Waals surface area contributed by atoms with Crippen molar-refractivity contribution in [3.05, 3.63) is 95.0 Å². The smallest absolute Gasteiger partial charge is 0.310 e. The summed E-state index contributed by atoms with van der Waals surface area (Å²) in [5, 5.41) is 7.33. The molecule has 3 heterocycles. The molecule has 0 bridgehead atoms. The fourth-order valence-electron chi connectivity index (χ4n) is 3.76. The number of pyridine rings is 1. The molecule has 7 heteroatoms. The molecule has 6 nitrogen and oxygen atoms in total. The van der Waals surface area contributed by atoms with Crippen LogP contribution in [0.5, 0.6) is 5.75 Å². The van der Waals surface area contributed by atoms with Gasteiger partial charge in [0.15, 0.2) is 5.76 Å². The Bertz CT molecular complexity index is 1290. The fraction of sp³-hybridized carbons (Fsp3) is 0.125. The number of methoxy groups -OCH3 is 1. The van der Waals surface area contributed by atoms with E-state index in [9.17, 15) is 4.79 Å². The molecule has 0 spiro atoms. The van der Waals surface area contributed by atoms with E-state index in [1.807, 2.05) is 54.6 Å².